The Labute approximate surface area is 111 Å². The van der Waals surface area contributed by atoms with Gasteiger partial charge in [-0.2, -0.15) is 0 Å². The maximum Gasteiger partial charge on any atom is 0.307 e. The lowest BCUT2D eigenvalue weighted by atomic mass is 9.95. The zero-order chi connectivity index (χ0) is 14.0. The Morgan fingerprint density at radius 3 is 2.63 bits per heavy atom. The summed E-state index contributed by atoms with van der Waals surface area (Å²) in [5, 5.41) is 15.7. The van der Waals surface area contributed by atoms with Gasteiger partial charge in [0.15, 0.2) is 0 Å². The van der Waals surface area contributed by atoms with Crippen LogP contribution in [0.15, 0.2) is 4.52 Å². The minimum absolute atomic E-state index is 0.190. The van der Waals surface area contributed by atoms with E-state index in [2.05, 4.69) is 10.5 Å². The van der Waals surface area contributed by atoms with E-state index < -0.39 is 17.8 Å². The molecule has 1 aromatic heterocycles. The van der Waals surface area contributed by atoms with Crippen LogP contribution in [0, 0.1) is 25.7 Å². The van der Waals surface area contributed by atoms with Crippen LogP contribution in [0.5, 0.6) is 0 Å². The van der Waals surface area contributed by atoms with Gasteiger partial charge in [-0.3, -0.25) is 9.59 Å². The zero-order valence-corrected chi connectivity index (χ0v) is 11.1. The molecule has 2 atom stereocenters. The fraction of sp³-hybridized carbons (Fsp3) is 0.615. The first-order valence-electron chi connectivity index (χ1n) is 6.43. The molecule has 6 nitrogen and oxygen atoms in total. The lowest BCUT2D eigenvalue weighted by Gasteiger charge is -2.15. The third kappa shape index (κ3) is 2.77. The largest absolute Gasteiger partial charge is 0.481 e. The molecule has 0 radical (unpaired) electrons. The van der Waals surface area contributed by atoms with Crippen molar-refractivity contribution in [3.05, 3.63) is 17.0 Å². The number of carboxylic acid groups (broad SMARTS) is 1. The maximum atomic E-state index is 12.1. The van der Waals surface area contributed by atoms with Crippen LogP contribution in [0.4, 0.5) is 0 Å². The average molecular weight is 266 g/mol. The Morgan fingerprint density at radius 2 is 2.05 bits per heavy atom. The van der Waals surface area contributed by atoms with Gasteiger partial charge in [-0.15, -0.1) is 0 Å². The maximum absolute atomic E-state index is 12.1. The number of aryl methyl sites for hydroxylation is 2. The molecule has 0 unspecified atom stereocenters. The first kappa shape index (κ1) is 13.6. The van der Waals surface area contributed by atoms with E-state index in [-0.39, 0.29) is 5.91 Å². The molecule has 19 heavy (non-hydrogen) atoms. The third-order valence-electron chi connectivity index (χ3n) is 3.79. The number of carboxylic acids is 1. The van der Waals surface area contributed by atoms with Gasteiger partial charge in [-0.25, -0.2) is 0 Å². The van der Waals surface area contributed by atoms with Crippen LogP contribution in [0.1, 0.15) is 36.3 Å². The normalized spacial score (nSPS) is 22.4. The van der Waals surface area contributed by atoms with Crippen molar-refractivity contribution in [2.45, 2.75) is 39.7 Å². The van der Waals surface area contributed by atoms with E-state index in [1.807, 2.05) is 6.92 Å². The lowest BCUT2D eigenvalue weighted by molar-refractivity contribution is -0.146. The molecule has 0 aliphatic heterocycles. The van der Waals surface area contributed by atoms with Crippen molar-refractivity contribution in [1.29, 1.82) is 0 Å². The van der Waals surface area contributed by atoms with Crippen molar-refractivity contribution < 1.29 is 19.2 Å². The number of hydrogen-bond donors (Lipinski definition) is 2. The highest BCUT2D eigenvalue weighted by Crippen LogP contribution is 2.32. The monoisotopic (exact) mass is 266 g/mol. The summed E-state index contributed by atoms with van der Waals surface area (Å²) < 4.78 is 5.02. The quantitative estimate of drug-likeness (QED) is 0.859. The van der Waals surface area contributed by atoms with Crippen LogP contribution in [-0.4, -0.2) is 22.1 Å². The third-order valence-corrected chi connectivity index (χ3v) is 3.79. The number of amides is 1. The van der Waals surface area contributed by atoms with E-state index in [1.54, 1.807) is 6.92 Å². The predicted molar refractivity (Wildman–Crippen MR) is 66.3 cm³/mol. The van der Waals surface area contributed by atoms with E-state index >= 15 is 0 Å². The molecule has 2 rings (SSSR count). The van der Waals surface area contributed by atoms with Crippen molar-refractivity contribution in [1.82, 2.24) is 10.5 Å². The fourth-order valence-electron chi connectivity index (χ4n) is 2.63. The summed E-state index contributed by atoms with van der Waals surface area (Å²) >= 11 is 0. The smallest absolute Gasteiger partial charge is 0.307 e. The Balaban J connectivity index is 1.96. The average Bonchev–Trinajstić information content (AvgIpc) is 2.95. The summed E-state index contributed by atoms with van der Waals surface area (Å²) in [6.07, 6.45) is 2.02. The molecule has 1 aliphatic carbocycles. The number of nitrogens with one attached hydrogen (secondary N) is 1. The van der Waals surface area contributed by atoms with Gasteiger partial charge in [0.25, 0.3) is 0 Å². The van der Waals surface area contributed by atoms with Crippen LogP contribution in [0.3, 0.4) is 0 Å². The summed E-state index contributed by atoms with van der Waals surface area (Å²) in [4.78, 5) is 23.1. The Kier molecular flexibility index (Phi) is 3.87. The number of aromatic nitrogens is 1. The molecule has 1 fully saturated rings. The van der Waals surface area contributed by atoms with Gasteiger partial charge in [-0.05, 0) is 26.7 Å². The summed E-state index contributed by atoms with van der Waals surface area (Å²) in [5.74, 6) is -1.36. The van der Waals surface area contributed by atoms with Crippen LogP contribution in [-0.2, 0) is 16.1 Å². The fourth-order valence-corrected chi connectivity index (χ4v) is 2.63. The van der Waals surface area contributed by atoms with Gasteiger partial charge in [0.1, 0.15) is 5.76 Å². The molecule has 1 amide bonds. The molecule has 2 N–H and O–H groups in total. The second-order valence-electron chi connectivity index (χ2n) is 5.00. The number of rotatable bonds is 4. The molecular formula is C13H18N2O4. The molecule has 1 aromatic rings. The molecule has 1 heterocycles. The number of carbonyl (C=O) groups is 2. The summed E-state index contributed by atoms with van der Waals surface area (Å²) in [6, 6.07) is 0. The highest BCUT2D eigenvalue weighted by atomic mass is 16.5. The SMILES string of the molecule is Cc1noc(C)c1CNC(=O)[C@@H]1CCC[C@@H]1C(=O)O. The van der Waals surface area contributed by atoms with E-state index in [9.17, 15) is 9.59 Å². The number of aliphatic carboxylic acids is 1. The molecule has 0 aromatic carbocycles. The Bertz CT molecular complexity index is 475. The van der Waals surface area contributed by atoms with Gasteiger partial charge in [0.2, 0.25) is 5.91 Å². The molecule has 0 spiro atoms. The second kappa shape index (κ2) is 5.42. The van der Waals surface area contributed by atoms with Crippen LogP contribution >= 0.6 is 0 Å². The molecular weight excluding hydrogens is 248 g/mol. The van der Waals surface area contributed by atoms with Crippen molar-refractivity contribution in [2.24, 2.45) is 11.8 Å². The van der Waals surface area contributed by atoms with Crippen molar-refractivity contribution in [2.75, 3.05) is 0 Å². The van der Waals surface area contributed by atoms with Crippen LogP contribution in [0.25, 0.3) is 0 Å². The first-order chi connectivity index (χ1) is 9.00. The topological polar surface area (TPSA) is 92.4 Å². The van der Waals surface area contributed by atoms with Crippen molar-refractivity contribution in [3.8, 4) is 0 Å². The van der Waals surface area contributed by atoms with E-state index in [1.165, 1.54) is 0 Å². The lowest BCUT2D eigenvalue weighted by Crippen LogP contribution is -2.35. The van der Waals surface area contributed by atoms with E-state index in [4.69, 9.17) is 9.63 Å². The van der Waals surface area contributed by atoms with Crippen LogP contribution < -0.4 is 5.32 Å². The van der Waals surface area contributed by atoms with Crippen LogP contribution in [0.2, 0.25) is 0 Å². The summed E-state index contributed by atoms with van der Waals surface area (Å²) in [6.45, 7) is 3.94. The van der Waals surface area contributed by atoms with Crippen molar-refractivity contribution >= 4 is 11.9 Å². The molecule has 1 saturated carbocycles. The van der Waals surface area contributed by atoms with E-state index in [0.29, 0.717) is 25.1 Å². The summed E-state index contributed by atoms with van der Waals surface area (Å²) in [5.41, 5.74) is 1.61. The zero-order valence-electron chi connectivity index (χ0n) is 11.1. The van der Waals surface area contributed by atoms with E-state index in [0.717, 1.165) is 17.7 Å². The van der Waals surface area contributed by atoms with Gasteiger partial charge in [-0.1, -0.05) is 11.6 Å². The van der Waals surface area contributed by atoms with Gasteiger partial charge in [0.05, 0.1) is 17.5 Å². The molecule has 6 heteroatoms. The van der Waals surface area contributed by atoms with Gasteiger partial charge >= 0.3 is 5.97 Å². The Hall–Kier alpha value is -1.85. The number of carbonyl (C=O) groups excluding carboxylic acids is 1. The molecule has 0 bridgehead atoms. The predicted octanol–water partition coefficient (Wildman–Crippen LogP) is 1.41. The minimum Gasteiger partial charge on any atom is -0.481 e. The Morgan fingerprint density at radius 1 is 1.37 bits per heavy atom. The molecule has 0 saturated heterocycles. The van der Waals surface area contributed by atoms with Crippen molar-refractivity contribution in [3.63, 3.8) is 0 Å². The molecule has 104 valence electrons. The highest BCUT2D eigenvalue weighted by molar-refractivity contribution is 5.85. The highest BCUT2D eigenvalue weighted by Gasteiger charge is 2.37. The van der Waals surface area contributed by atoms with Gasteiger partial charge in [0, 0.05) is 12.1 Å². The number of hydrogen-bond acceptors (Lipinski definition) is 4. The summed E-state index contributed by atoms with van der Waals surface area (Å²) in [7, 11) is 0. The van der Waals surface area contributed by atoms with Gasteiger partial charge < -0.3 is 14.9 Å². The molecule has 1 aliphatic rings. The minimum atomic E-state index is -0.880. The second-order valence-corrected chi connectivity index (χ2v) is 5.00. The first-order valence-corrected chi connectivity index (χ1v) is 6.43. The number of nitrogens with zero attached hydrogens (tertiary/aromatic N) is 1. The standard InChI is InChI=1S/C13H18N2O4/c1-7-11(8(2)19-15-7)6-14-12(16)9-4-3-5-10(9)13(17)18/h9-10H,3-6H2,1-2H3,(H,14,16)(H,17,18)/t9-,10+/m1/s1.